The van der Waals surface area contributed by atoms with Gasteiger partial charge >= 0.3 is 0 Å². The van der Waals surface area contributed by atoms with E-state index in [1.165, 1.54) is 30.4 Å². The molecule has 4 rings (SSSR count). The van der Waals surface area contributed by atoms with Gasteiger partial charge in [-0.1, -0.05) is 61.4 Å². The van der Waals surface area contributed by atoms with Crippen molar-refractivity contribution in [3.8, 4) is 11.1 Å². The molecule has 0 spiro atoms. The zero-order valence-corrected chi connectivity index (χ0v) is 9.89. The fourth-order valence-corrected chi connectivity index (χ4v) is 3.20. The molecule has 2 aliphatic carbocycles. The fraction of sp³-hybridized carbons (Fsp3) is 0.294. The van der Waals surface area contributed by atoms with Crippen LogP contribution in [0, 0.1) is 5.92 Å². The molecule has 0 aliphatic heterocycles. The van der Waals surface area contributed by atoms with E-state index in [0.29, 0.717) is 5.92 Å². The molecule has 1 fully saturated rings. The van der Waals surface area contributed by atoms with E-state index in [1.807, 2.05) is 0 Å². The van der Waals surface area contributed by atoms with Crippen LogP contribution >= 0.6 is 0 Å². The Morgan fingerprint density at radius 3 is 1.82 bits per heavy atom. The van der Waals surface area contributed by atoms with Crippen molar-refractivity contribution < 1.29 is 0 Å². The van der Waals surface area contributed by atoms with E-state index in [4.69, 9.17) is 0 Å². The summed E-state index contributed by atoms with van der Waals surface area (Å²) in [4.78, 5) is 0. The average Bonchev–Trinajstić information content (AvgIpc) is 3.15. The Morgan fingerprint density at radius 1 is 0.765 bits per heavy atom. The average molecular weight is 220 g/mol. The van der Waals surface area contributed by atoms with Gasteiger partial charge in [0.15, 0.2) is 0 Å². The maximum Gasteiger partial charge on any atom is 0.0104 e. The van der Waals surface area contributed by atoms with E-state index in [-0.39, 0.29) is 0 Å². The maximum absolute atomic E-state index is 2.32. The minimum Gasteiger partial charge on any atom is -0.0619 e. The zero-order valence-electron chi connectivity index (χ0n) is 9.89. The topological polar surface area (TPSA) is 0 Å². The van der Waals surface area contributed by atoms with Crippen molar-refractivity contribution in [3.63, 3.8) is 0 Å². The van der Waals surface area contributed by atoms with Gasteiger partial charge < -0.3 is 0 Å². The summed E-state index contributed by atoms with van der Waals surface area (Å²) in [5.74, 6) is 1.65. The van der Waals surface area contributed by atoms with Crippen molar-refractivity contribution in [1.82, 2.24) is 0 Å². The summed E-state index contributed by atoms with van der Waals surface area (Å²) in [6.07, 6.45) is 4.25. The van der Waals surface area contributed by atoms with Crippen LogP contribution in [-0.2, 0) is 0 Å². The van der Waals surface area contributed by atoms with E-state index in [2.05, 4.69) is 48.5 Å². The Bertz CT molecular complexity index is 518. The number of benzene rings is 2. The number of hydrogen-bond donors (Lipinski definition) is 0. The summed E-state index contributed by atoms with van der Waals surface area (Å²) >= 11 is 0. The second kappa shape index (κ2) is 3.46. The molecule has 2 aromatic carbocycles. The van der Waals surface area contributed by atoms with Crippen LogP contribution in [0.25, 0.3) is 11.1 Å². The summed E-state index contributed by atoms with van der Waals surface area (Å²) in [5.41, 5.74) is 6.05. The summed E-state index contributed by atoms with van der Waals surface area (Å²) in [7, 11) is 0. The molecule has 0 N–H and O–H groups in total. The number of rotatable bonds is 2. The van der Waals surface area contributed by atoms with Crippen LogP contribution in [0.4, 0.5) is 0 Å². The van der Waals surface area contributed by atoms with E-state index >= 15 is 0 Å². The molecule has 0 atom stereocenters. The van der Waals surface area contributed by atoms with Gasteiger partial charge in [0.1, 0.15) is 0 Å². The van der Waals surface area contributed by atoms with Gasteiger partial charge in [-0.15, -0.1) is 0 Å². The SMILES string of the molecule is c1ccc2c(c1)-c1ccccc1C2CC1CC1. The fourth-order valence-electron chi connectivity index (χ4n) is 3.20. The highest BCUT2D eigenvalue weighted by atomic mass is 14.4. The van der Waals surface area contributed by atoms with Crippen LogP contribution in [0.1, 0.15) is 36.3 Å². The number of hydrogen-bond acceptors (Lipinski definition) is 0. The molecule has 0 radical (unpaired) electrons. The Kier molecular flexibility index (Phi) is 1.93. The van der Waals surface area contributed by atoms with Crippen molar-refractivity contribution in [2.75, 3.05) is 0 Å². The van der Waals surface area contributed by atoms with E-state index < -0.39 is 0 Å². The predicted molar refractivity (Wildman–Crippen MR) is 71.1 cm³/mol. The molecular weight excluding hydrogens is 204 g/mol. The van der Waals surface area contributed by atoms with Gasteiger partial charge in [-0.05, 0) is 34.6 Å². The van der Waals surface area contributed by atoms with Crippen LogP contribution in [0.15, 0.2) is 48.5 Å². The molecule has 0 unspecified atom stereocenters. The quantitative estimate of drug-likeness (QED) is 0.694. The van der Waals surface area contributed by atoms with Gasteiger partial charge in [-0.2, -0.15) is 0 Å². The van der Waals surface area contributed by atoms with Crippen molar-refractivity contribution in [1.29, 1.82) is 0 Å². The van der Waals surface area contributed by atoms with Crippen molar-refractivity contribution >= 4 is 0 Å². The third-order valence-electron chi connectivity index (χ3n) is 4.23. The molecule has 0 nitrogen and oxygen atoms in total. The molecular formula is C17H16. The summed E-state index contributed by atoms with van der Waals surface area (Å²) < 4.78 is 0. The molecule has 0 bridgehead atoms. The van der Waals surface area contributed by atoms with Crippen LogP contribution < -0.4 is 0 Å². The van der Waals surface area contributed by atoms with Gasteiger partial charge in [0.2, 0.25) is 0 Å². The predicted octanol–water partition coefficient (Wildman–Crippen LogP) is 4.60. The Balaban J connectivity index is 1.88. The molecule has 0 heteroatoms. The molecule has 2 aromatic rings. The van der Waals surface area contributed by atoms with Crippen molar-refractivity contribution in [3.05, 3.63) is 59.7 Å². The van der Waals surface area contributed by atoms with Gasteiger partial charge in [0.25, 0.3) is 0 Å². The third kappa shape index (κ3) is 1.44. The minimum atomic E-state index is 0.662. The summed E-state index contributed by atoms with van der Waals surface area (Å²) in [5, 5.41) is 0. The molecule has 17 heavy (non-hydrogen) atoms. The normalized spacial score (nSPS) is 17.9. The molecule has 84 valence electrons. The van der Waals surface area contributed by atoms with E-state index in [1.54, 1.807) is 11.1 Å². The highest BCUT2D eigenvalue weighted by Gasteiger charge is 2.33. The first-order chi connectivity index (χ1) is 8.43. The first kappa shape index (κ1) is 9.47. The molecule has 2 aliphatic rings. The summed E-state index contributed by atoms with van der Waals surface area (Å²) in [6.45, 7) is 0. The monoisotopic (exact) mass is 220 g/mol. The van der Waals surface area contributed by atoms with Crippen LogP contribution in [0.5, 0.6) is 0 Å². The Labute approximate surface area is 102 Å². The first-order valence-corrected chi connectivity index (χ1v) is 6.62. The van der Waals surface area contributed by atoms with E-state index in [0.717, 1.165) is 5.92 Å². The molecule has 0 saturated heterocycles. The highest BCUT2D eigenvalue weighted by molar-refractivity contribution is 5.78. The zero-order chi connectivity index (χ0) is 11.2. The lowest BCUT2D eigenvalue weighted by molar-refractivity contribution is 0.658. The van der Waals surface area contributed by atoms with Crippen LogP contribution in [0.3, 0.4) is 0 Å². The second-order valence-electron chi connectivity index (χ2n) is 5.41. The number of fused-ring (bicyclic) bond motifs is 3. The van der Waals surface area contributed by atoms with Crippen molar-refractivity contribution in [2.45, 2.75) is 25.2 Å². The van der Waals surface area contributed by atoms with Gasteiger partial charge in [0.05, 0.1) is 0 Å². The van der Waals surface area contributed by atoms with Gasteiger partial charge in [-0.3, -0.25) is 0 Å². The lowest BCUT2D eigenvalue weighted by Crippen LogP contribution is -1.97. The smallest absolute Gasteiger partial charge is 0.0104 e. The summed E-state index contributed by atoms with van der Waals surface area (Å²) in [6, 6.07) is 17.9. The highest BCUT2D eigenvalue weighted by Crippen LogP contribution is 2.50. The third-order valence-corrected chi connectivity index (χ3v) is 4.23. The van der Waals surface area contributed by atoms with Crippen LogP contribution in [0.2, 0.25) is 0 Å². The lowest BCUT2D eigenvalue weighted by atomic mass is 9.91. The van der Waals surface area contributed by atoms with Crippen LogP contribution in [-0.4, -0.2) is 0 Å². The van der Waals surface area contributed by atoms with E-state index in [9.17, 15) is 0 Å². The largest absolute Gasteiger partial charge is 0.0619 e. The standard InChI is InChI=1S/C17H16/c1-3-7-15-13(5-1)14-6-2-4-8-16(14)17(15)11-12-9-10-12/h1-8,12,17H,9-11H2. The second-order valence-corrected chi connectivity index (χ2v) is 5.41. The Morgan fingerprint density at radius 2 is 1.29 bits per heavy atom. The maximum atomic E-state index is 2.32. The first-order valence-electron chi connectivity index (χ1n) is 6.62. The molecule has 0 amide bonds. The van der Waals surface area contributed by atoms with Gasteiger partial charge in [0, 0.05) is 5.92 Å². The van der Waals surface area contributed by atoms with Crippen molar-refractivity contribution in [2.24, 2.45) is 5.92 Å². The molecule has 0 heterocycles. The van der Waals surface area contributed by atoms with Gasteiger partial charge in [-0.25, -0.2) is 0 Å². The lowest BCUT2D eigenvalue weighted by Gasteiger charge is -2.12. The Hall–Kier alpha value is -1.56. The molecule has 0 aromatic heterocycles. The minimum absolute atomic E-state index is 0.662. The molecule has 1 saturated carbocycles.